The predicted octanol–water partition coefficient (Wildman–Crippen LogP) is 2.84. The summed E-state index contributed by atoms with van der Waals surface area (Å²) in [6.07, 6.45) is 2.11. The Balaban J connectivity index is 1.86. The van der Waals surface area contributed by atoms with Gasteiger partial charge < -0.3 is 10.0 Å². The molecule has 0 radical (unpaired) electrons. The van der Waals surface area contributed by atoms with Crippen molar-refractivity contribution in [3.05, 3.63) is 35.9 Å². The van der Waals surface area contributed by atoms with Gasteiger partial charge in [0.2, 0.25) is 0 Å². The van der Waals surface area contributed by atoms with Crippen molar-refractivity contribution in [2.45, 2.75) is 32.8 Å². The molecule has 1 aromatic carbocycles. The molecule has 94 valence electrons. The number of benzene rings is 1. The zero-order valence-corrected chi connectivity index (χ0v) is 10.9. The molecule has 2 rings (SSSR count). The normalized spacial score (nSPS) is 22.3. The van der Waals surface area contributed by atoms with Crippen LogP contribution in [-0.2, 0) is 0 Å². The van der Waals surface area contributed by atoms with Gasteiger partial charge >= 0.3 is 0 Å². The van der Waals surface area contributed by atoms with Gasteiger partial charge in [0.15, 0.2) is 0 Å². The Morgan fingerprint density at radius 3 is 2.35 bits per heavy atom. The molecule has 0 saturated carbocycles. The van der Waals surface area contributed by atoms with E-state index in [-0.39, 0.29) is 6.10 Å². The molecule has 1 saturated heterocycles. The molecule has 0 spiro atoms. The van der Waals surface area contributed by atoms with Gasteiger partial charge in [-0.15, -0.1) is 0 Å². The number of likely N-dealkylation sites (tertiary alicyclic amines) is 1. The van der Waals surface area contributed by atoms with Gasteiger partial charge in [0, 0.05) is 6.54 Å². The van der Waals surface area contributed by atoms with Crippen LogP contribution in [0.3, 0.4) is 0 Å². The molecule has 0 amide bonds. The predicted molar refractivity (Wildman–Crippen MR) is 70.9 cm³/mol. The minimum absolute atomic E-state index is 0.350. The summed E-state index contributed by atoms with van der Waals surface area (Å²) < 4.78 is 0. The summed E-state index contributed by atoms with van der Waals surface area (Å²) in [7, 11) is 0. The van der Waals surface area contributed by atoms with Gasteiger partial charge in [-0.3, -0.25) is 0 Å². The van der Waals surface area contributed by atoms with Crippen LogP contribution in [0.2, 0.25) is 0 Å². The Labute approximate surface area is 104 Å². The maximum atomic E-state index is 10.2. The highest BCUT2D eigenvalue weighted by atomic mass is 16.3. The monoisotopic (exact) mass is 233 g/mol. The van der Waals surface area contributed by atoms with Gasteiger partial charge in [0.05, 0.1) is 6.10 Å². The molecule has 0 aliphatic carbocycles. The van der Waals surface area contributed by atoms with Crippen LogP contribution in [0.1, 0.15) is 38.4 Å². The van der Waals surface area contributed by atoms with E-state index in [9.17, 15) is 5.11 Å². The van der Waals surface area contributed by atoms with Gasteiger partial charge in [-0.25, -0.2) is 0 Å². The number of rotatable bonds is 3. The second-order valence-electron chi connectivity index (χ2n) is 5.89. The van der Waals surface area contributed by atoms with Gasteiger partial charge in [0.25, 0.3) is 0 Å². The molecule has 1 atom stereocenters. The van der Waals surface area contributed by atoms with Crippen molar-refractivity contribution in [1.29, 1.82) is 0 Å². The number of β-amino-alcohol motifs (C(OH)–C–C–N with tert-alkyl or cyclic N) is 1. The van der Waals surface area contributed by atoms with Crippen LogP contribution in [0.15, 0.2) is 30.3 Å². The van der Waals surface area contributed by atoms with E-state index in [4.69, 9.17) is 0 Å². The fourth-order valence-corrected chi connectivity index (χ4v) is 2.37. The van der Waals surface area contributed by atoms with E-state index in [1.807, 2.05) is 30.3 Å². The summed E-state index contributed by atoms with van der Waals surface area (Å²) >= 11 is 0. The van der Waals surface area contributed by atoms with Crippen LogP contribution in [0.4, 0.5) is 0 Å². The fourth-order valence-electron chi connectivity index (χ4n) is 2.37. The minimum atomic E-state index is -0.350. The lowest BCUT2D eigenvalue weighted by Crippen LogP contribution is -2.39. The standard InChI is InChI=1S/C15H23NO/c1-15(2)8-10-16(11-9-15)12-14(17)13-6-4-3-5-7-13/h3-7,14,17H,8-12H2,1-2H3. The Hall–Kier alpha value is -0.860. The molecule has 1 N–H and O–H groups in total. The quantitative estimate of drug-likeness (QED) is 0.867. The topological polar surface area (TPSA) is 23.5 Å². The SMILES string of the molecule is CC1(C)CCN(CC(O)c2ccccc2)CC1. The van der Waals surface area contributed by atoms with Crippen molar-refractivity contribution in [1.82, 2.24) is 4.90 Å². The first-order valence-electron chi connectivity index (χ1n) is 6.52. The van der Waals surface area contributed by atoms with E-state index in [0.29, 0.717) is 5.41 Å². The lowest BCUT2D eigenvalue weighted by Gasteiger charge is -2.37. The summed E-state index contributed by atoms with van der Waals surface area (Å²) in [5, 5.41) is 10.2. The maximum Gasteiger partial charge on any atom is 0.0916 e. The summed E-state index contributed by atoms with van der Waals surface area (Å²) in [5.41, 5.74) is 1.51. The largest absolute Gasteiger partial charge is 0.387 e. The zero-order valence-electron chi connectivity index (χ0n) is 10.9. The fraction of sp³-hybridized carbons (Fsp3) is 0.600. The molecule has 1 unspecified atom stereocenters. The lowest BCUT2D eigenvalue weighted by atomic mass is 9.82. The first-order chi connectivity index (χ1) is 8.07. The smallest absolute Gasteiger partial charge is 0.0916 e. The number of hydrogen-bond donors (Lipinski definition) is 1. The Bertz CT molecular complexity index is 337. The molecule has 1 heterocycles. The van der Waals surface area contributed by atoms with Gasteiger partial charge in [-0.1, -0.05) is 44.2 Å². The summed E-state index contributed by atoms with van der Waals surface area (Å²) in [6.45, 7) is 7.64. The van der Waals surface area contributed by atoms with Crippen LogP contribution in [0.5, 0.6) is 0 Å². The Kier molecular flexibility index (Phi) is 3.85. The van der Waals surface area contributed by atoms with Gasteiger partial charge in [0.1, 0.15) is 0 Å². The van der Waals surface area contributed by atoms with Crippen LogP contribution < -0.4 is 0 Å². The number of nitrogens with zero attached hydrogens (tertiary/aromatic N) is 1. The Morgan fingerprint density at radius 2 is 1.76 bits per heavy atom. The highest BCUT2D eigenvalue weighted by Crippen LogP contribution is 2.30. The third kappa shape index (κ3) is 3.55. The van der Waals surface area contributed by atoms with Gasteiger partial charge in [-0.05, 0) is 36.9 Å². The molecule has 1 aliphatic heterocycles. The molecular formula is C15H23NO. The average molecular weight is 233 g/mol. The number of aliphatic hydroxyl groups is 1. The molecule has 1 aromatic rings. The van der Waals surface area contributed by atoms with Crippen LogP contribution in [0.25, 0.3) is 0 Å². The van der Waals surface area contributed by atoms with Crippen LogP contribution >= 0.6 is 0 Å². The summed E-state index contributed by atoms with van der Waals surface area (Å²) in [5.74, 6) is 0. The molecule has 1 aliphatic rings. The van der Waals surface area contributed by atoms with E-state index in [2.05, 4.69) is 18.7 Å². The molecular weight excluding hydrogens is 210 g/mol. The highest BCUT2D eigenvalue weighted by molar-refractivity contribution is 5.17. The second-order valence-corrected chi connectivity index (χ2v) is 5.89. The van der Waals surface area contributed by atoms with Gasteiger partial charge in [-0.2, -0.15) is 0 Å². The lowest BCUT2D eigenvalue weighted by molar-refractivity contribution is 0.0703. The van der Waals surface area contributed by atoms with E-state index >= 15 is 0 Å². The molecule has 2 heteroatoms. The van der Waals surface area contributed by atoms with Crippen molar-refractivity contribution in [3.8, 4) is 0 Å². The average Bonchev–Trinajstić information content (AvgIpc) is 2.33. The zero-order chi connectivity index (χ0) is 12.3. The van der Waals surface area contributed by atoms with Crippen molar-refractivity contribution in [2.75, 3.05) is 19.6 Å². The van der Waals surface area contributed by atoms with Crippen molar-refractivity contribution < 1.29 is 5.11 Å². The van der Waals surface area contributed by atoms with Crippen LogP contribution in [-0.4, -0.2) is 29.6 Å². The number of piperidine rings is 1. The first-order valence-corrected chi connectivity index (χ1v) is 6.52. The molecule has 0 bridgehead atoms. The van der Waals surface area contributed by atoms with E-state index in [1.54, 1.807) is 0 Å². The van der Waals surface area contributed by atoms with Crippen molar-refractivity contribution in [2.24, 2.45) is 5.41 Å². The van der Waals surface area contributed by atoms with E-state index in [1.165, 1.54) is 12.8 Å². The number of aliphatic hydroxyl groups excluding tert-OH is 1. The summed E-state index contributed by atoms with van der Waals surface area (Å²) in [4.78, 5) is 2.38. The molecule has 0 aromatic heterocycles. The van der Waals surface area contributed by atoms with Crippen molar-refractivity contribution >= 4 is 0 Å². The third-order valence-corrected chi connectivity index (χ3v) is 3.83. The Morgan fingerprint density at radius 1 is 1.18 bits per heavy atom. The molecule has 1 fully saturated rings. The highest BCUT2D eigenvalue weighted by Gasteiger charge is 2.26. The van der Waals surface area contributed by atoms with Crippen molar-refractivity contribution in [3.63, 3.8) is 0 Å². The molecule has 2 nitrogen and oxygen atoms in total. The summed E-state index contributed by atoms with van der Waals surface area (Å²) in [6, 6.07) is 9.95. The third-order valence-electron chi connectivity index (χ3n) is 3.83. The second kappa shape index (κ2) is 5.19. The van der Waals surface area contributed by atoms with E-state index in [0.717, 1.165) is 25.2 Å². The number of hydrogen-bond acceptors (Lipinski definition) is 2. The van der Waals surface area contributed by atoms with Crippen LogP contribution in [0, 0.1) is 5.41 Å². The molecule has 17 heavy (non-hydrogen) atoms. The maximum absolute atomic E-state index is 10.2. The van der Waals surface area contributed by atoms with E-state index < -0.39 is 0 Å². The first kappa shape index (κ1) is 12.6. The minimum Gasteiger partial charge on any atom is -0.387 e.